The number of amidine groups is 1. The van der Waals surface area contributed by atoms with E-state index in [9.17, 15) is 22.8 Å². The molecule has 1 aliphatic heterocycles. The second-order valence-corrected chi connectivity index (χ2v) is 7.74. The van der Waals surface area contributed by atoms with Crippen LogP contribution in [0.5, 0.6) is 0 Å². The summed E-state index contributed by atoms with van der Waals surface area (Å²) in [6, 6.07) is 16.8. The summed E-state index contributed by atoms with van der Waals surface area (Å²) in [5.74, 6) is -0.899. The smallest absolute Gasteiger partial charge is 0.418 e. The highest BCUT2D eigenvalue weighted by Crippen LogP contribution is 2.35. The number of hydrogen-bond acceptors (Lipinski definition) is 5. The monoisotopic (exact) mass is 471 g/mol. The number of nitrogens with one attached hydrogen (secondary N) is 1. The third-order valence-electron chi connectivity index (χ3n) is 4.51. The minimum Gasteiger partial charge on any atom is -0.465 e. The Morgan fingerprint density at radius 3 is 2.48 bits per heavy atom. The van der Waals surface area contributed by atoms with Crippen LogP contribution in [0.25, 0.3) is 6.08 Å². The van der Waals surface area contributed by atoms with Gasteiger partial charge in [0.15, 0.2) is 5.17 Å². The lowest BCUT2D eigenvalue weighted by molar-refractivity contribution is -0.137. The van der Waals surface area contributed by atoms with Gasteiger partial charge in [0.2, 0.25) is 5.91 Å². The van der Waals surface area contributed by atoms with Crippen molar-refractivity contribution in [3.63, 3.8) is 0 Å². The number of aliphatic imine (C=N–C) groups is 1. The molecule has 0 saturated heterocycles. The Kier molecular flexibility index (Phi) is 6.36. The molecule has 0 fully saturated rings. The third-order valence-corrected chi connectivity index (χ3v) is 5.44. The minimum atomic E-state index is -4.60. The van der Waals surface area contributed by atoms with E-state index >= 15 is 0 Å². The van der Waals surface area contributed by atoms with Gasteiger partial charge in [0, 0.05) is 6.08 Å². The van der Waals surface area contributed by atoms with Crippen LogP contribution in [0.15, 0.2) is 88.1 Å². The Bertz CT molecular complexity index is 1220. The molecule has 0 spiro atoms. The Morgan fingerprint density at radius 1 is 1.06 bits per heavy atom. The van der Waals surface area contributed by atoms with Crippen molar-refractivity contribution in [2.75, 3.05) is 16.0 Å². The van der Waals surface area contributed by atoms with Gasteiger partial charge in [-0.2, -0.15) is 13.2 Å². The van der Waals surface area contributed by atoms with Crippen LogP contribution in [-0.4, -0.2) is 22.7 Å². The summed E-state index contributed by atoms with van der Waals surface area (Å²) in [5, 5.41) is 2.51. The van der Waals surface area contributed by atoms with Crippen LogP contribution in [0.2, 0.25) is 0 Å². The quantitative estimate of drug-likeness (QED) is 0.505. The molecule has 2 heterocycles. The molecule has 0 bridgehead atoms. The van der Waals surface area contributed by atoms with E-state index in [-0.39, 0.29) is 22.3 Å². The highest BCUT2D eigenvalue weighted by molar-refractivity contribution is 8.14. The molecule has 0 unspecified atom stereocenters. The lowest BCUT2D eigenvalue weighted by atomic mass is 10.1. The van der Waals surface area contributed by atoms with Crippen molar-refractivity contribution in [2.45, 2.75) is 6.18 Å². The van der Waals surface area contributed by atoms with Crippen LogP contribution in [0.3, 0.4) is 0 Å². The number of benzene rings is 2. The first-order chi connectivity index (χ1) is 15.8. The van der Waals surface area contributed by atoms with E-state index in [0.717, 1.165) is 17.8 Å². The van der Waals surface area contributed by atoms with Crippen molar-refractivity contribution in [1.29, 1.82) is 0 Å². The Morgan fingerprint density at radius 2 is 1.79 bits per heavy atom. The Hall–Kier alpha value is -3.79. The molecular formula is C23H16F3N3O3S. The summed E-state index contributed by atoms with van der Waals surface area (Å²) in [7, 11) is 0. The average Bonchev–Trinajstić information content (AvgIpc) is 3.41. The first kappa shape index (κ1) is 22.4. The summed E-state index contributed by atoms with van der Waals surface area (Å²) in [5.41, 5.74) is -0.622. The zero-order chi connectivity index (χ0) is 23.4. The zero-order valence-corrected chi connectivity index (χ0v) is 17.7. The van der Waals surface area contributed by atoms with Crippen molar-refractivity contribution in [3.8, 4) is 0 Å². The number of alkyl halides is 3. The van der Waals surface area contributed by atoms with Crippen LogP contribution >= 0.6 is 11.8 Å². The fraction of sp³-hybridized carbons (Fsp3) is 0.0870. The molecule has 1 aromatic heterocycles. The number of rotatable bonds is 5. The number of halogens is 3. The Labute approximate surface area is 190 Å². The molecule has 2 amide bonds. The minimum absolute atomic E-state index is 0.110. The number of carbonyl (C=O) groups excluding carboxylic acids is 2. The summed E-state index contributed by atoms with van der Waals surface area (Å²) >= 11 is 0.938. The highest BCUT2D eigenvalue weighted by atomic mass is 32.2. The second kappa shape index (κ2) is 9.37. The lowest BCUT2D eigenvalue weighted by Crippen LogP contribution is -2.31. The fourth-order valence-corrected chi connectivity index (χ4v) is 3.87. The van der Waals surface area contributed by atoms with E-state index in [0.29, 0.717) is 11.4 Å². The maximum Gasteiger partial charge on any atom is 0.418 e. The number of thioether (sulfide) groups is 1. The van der Waals surface area contributed by atoms with E-state index in [2.05, 4.69) is 10.3 Å². The fourth-order valence-electron chi connectivity index (χ4n) is 3.06. The van der Waals surface area contributed by atoms with Gasteiger partial charge in [-0.15, -0.1) is 0 Å². The summed E-state index contributed by atoms with van der Waals surface area (Å²) < 4.78 is 44.8. The van der Waals surface area contributed by atoms with Gasteiger partial charge in [0.1, 0.15) is 11.5 Å². The number of furan rings is 1. The third kappa shape index (κ3) is 5.17. The van der Waals surface area contributed by atoms with Gasteiger partial charge in [-0.3, -0.25) is 14.5 Å². The van der Waals surface area contributed by atoms with Crippen molar-refractivity contribution in [2.24, 2.45) is 4.99 Å². The van der Waals surface area contributed by atoms with Gasteiger partial charge in [-0.05, 0) is 36.4 Å². The van der Waals surface area contributed by atoms with Crippen LogP contribution in [-0.2, 0) is 15.8 Å². The van der Waals surface area contributed by atoms with Crippen molar-refractivity contribution < 1.29 is 27.2 Å². The molecule has 2 aromatic carbocycles. The maximum atomic E-state index is 13.2. The molecule has 0 aliphatic carbocycles. The van der Waals surface area contributed by atoms with E-state index < -0.39 is 23.6 Å². The van der Waals surface area contributed by atoms with Gasteiger partial charge in [-0.1, -0.05) is 42.1 Å². The van der Waals surface area contributed by atoms with Gasteiger partial charge >= 0.3 is 6.18 Å². The van der Waals surface area contributed by atoms with Gasteiger partial charge < -0.3 is 9.73 Å². The number of carbonyl (C=O) groups is 2. The molecular weight excluding hydrogens is 455 g/mol. The summed E-state index contributed by atoms with van der Waals surface area (Å²) in [6.45, 7) is 0. The molecule has 0 atom stereocenters. The zero-order valence-electron chi connectivity index (χ0n) is 16.9. The number of para-hydroxylation sites is 2. The van der Waals surface area contributed by atoms with Gasteiger partial charge in [0.25, 0.3) is 5.91 Å². The largest absolute Gasteiger partial charge is 0.465 e. The maximum absolute atomic E-state index is 13.2. The molecule has 10 heteroatoms. The van der Waals surface area contributed by atoms with E-state index in [1.165, 1.54) is 35.4 Å². The lowest BCUT2D eigenvalue weighted by Gasteiger charge is -2.18. The van der Waals surface area contributed by atoms with Crippen LogP contribution in [0, 0.1) is 0 Å². The van der Waals surface area contributed by atoms with Gasteiger partial charge in [0.05, 0.1) is 29.0 Å². The first-order valence-corrected chi connectivity index (χ1v) is 10.6. The normalized spacial score (nSPS) is 15.1. The Balaban J connectivity index is 1.54. The SMILES string of the molecule is O=C(CSC1=NC(=Cc2ccco2)C(=O)N1c1ccccc1)Nc1ccccc1C(F)(F)F. The van der Waals surface area contributed by atoms with Crippen LogP contribution in [0.4, 0.5) is 24.5 Å². The molecule has 33 heavy (non-hydrogen) atoms. The van der Waals surface area contributed by atoms with E-state index in [1.807, 2.05) is 0 Å². The van der Waals surface area contributed by atoms with Crippen LogP contribution in [0.1, 0.15) is 11.3 Å². The molecule has 1 aliphatic rings. The number of nitrogens with zero attached hydrogens (tertiary/aromatic N) is 2. The van der Waals surface area contributed by atoms with Crippen molar-refractivity contribution in [1.82, 2.24) is 0 Å². The summed E-state index contributed by atoms with van der Waals surface area (Å²) in [4.78, 5) is 31.1. The highest BCUT2D eigenvalue weighted by Gasteiger charge is 2.34. The number of amides is 2. The van der Waals surface area contributed by atoms with Crippen molar-refractivity contribution >= 4 is 46.2 Å². The molecule has 0 radical (unpaired) electrons. The summed E-state index contributed by atoms with van der Waals surface area (Å²) in [6.07, 6.45) is -1.66. The second-order valence-electron chi connectivity index (χ2n) is 6.80. The predicted octanol–water partition coefficient (Wildman–Crippen LogP) is 5.41. The standard InChI is InChI=1S/C23H16F3N3O3S/c24-23(25,26)17-10-4-5-11-18(17)27-20(30)14-33-22-28-19(13-16-9-6-12-32-16)21(31)29(22)15-7-2-1-3-8-15/h1-13H,14H2,(H,27,30). The van der Waals surface area contributed by atoms with Crippen LogP contribution < -0.4 is 10.2 Å². The van der Waals surface area contributed by atoms with E-state index in [4.69, 9.17) is 4.42 Å². The first-order valence-electron chi connectivity index (χ1n) is 9.65. The average molecular weight is 471 g/mol. The molecule has 6 nitrogen and oxygen atoms in total. The molecule has 1 N–H and O–H groups in total. The topological polar surface area (TPSA) is 74.9 Å². The van der Waals surface area contributed by atoms with E-state index in [1.54, 1.807) is 42.5 Å². The molecule has 168 valence electrons. The molecule has 4 rings (SSSR count). The number of hydrogen-bond donors (Lipinski definition) is 1. The number of anilines is 2. The molecule has 3 aromatic rings. The van der Waals surface area contributed by atoms with Crippen molar-refractivity contribution in [3.05, 3.63) is 90.0 Å². The molecule has 0 saturated carbocycles. The predicted molar refractivity (Wildman–Crippen MR) is 121 cm³/mol. The van der Waals surface area contributed by atoms with Gasteiger partial charge in [-0.25, -0.2) is 4.99 Å².